The normalized spacial score (nSPS) is 20.0. The summed E-state index contributed by atoms with van der Waals surface area (Å²) in [5.74, 6) is 0.831. The maximum Gasteiger partial charge on any atom is 0.266 e. The molecule has 2 aliphatic rings. The first-order valence-electron chi connectivity index (χ1n) is 10.6. The Kier molecular flexibility index (Phi) is 5.91. The van der Waals surface area contributed by atoms with Crippen LogP contribution >= 0.6 is 0 Å². The zero-order valence-electron chi connectivity index (χ0n) is 17.1. The summed E-state index contributed by atoms with van der Waals surface area (Å²) in [6, 6.07) is 3.21. The Balaban J connectivity index is 1.31. The summed E-state index contributed by atoms with van der Waals surface area (Å²) >= 11 is 0. The Labute approximate surface area is 171 Å². The van der Waals surface area contributed by atoms with E-state index >= 15 is 0 Å². The average Bonchev–Trinajstić information content (AvgIpc) is 2.74. The molecule has 0 amide bonds. The van der Waals surface area contributed by atoms with Gasteiger partial charge < -0.3 is 10.0 Å². The van der Waals surface area contributed by atoms with Crippen molar-refractivity contribution in [2.24, 2.45) is 0 Å². The molecule has 8 heteroatoms. The second-order valence-electron chi connectivity index (χ2n) is 8.41. The van der Waals surface area contributed by atoms with E-state index in [2.05, 4.69) is 24.9 Å². The van der Waals surface area contributed by atoms with E-state index in [4.69, 9.17) is 0 Å². The highest BCUT2D eigenvalue weighted by atomic mass is 16.3. The topological polar surface area (TPSA) is 87.4 Å². The van der Waals surface area contributed by atoms with Crippen LogP contribution in [0, 0.1) is 6.92 Å². The molecule has 0 bridgehead atoms. The number of aliphatic hydroxyl groups is 1. The number of piperidine rings is 2. The average molecular weight is 399 g/mol. The number of rotatable bonds is 5. The number of aromatic nitrogens is 4. The number of aryl methyl sites for hydroxylation is 1. The zero-order chi connectivity index (χ0) is 20.3. The smallest absolute Gasteiger partial charge is 0.266 e. The summed E-state index contributed by atoms with van der Waals surface area (Å²) in [6.07, 6.45) is 8.80. The lowest BCUT2D eigenvalue weighted by Crippen LogP contribution is -2.48. The van der Waals surface area contributed by atoms with E-state index in [1.165, 1.54) is 30.0 Å². The highest BCUT2D eigenvalue weighted by Gasteiger charge is 2.33. The monoisotopic (exact) mass is 398 g/mol. The predicted molar refractivity (Wildman–Crippen MR) is 111 cm³/mol. The standard InChI is InChI=1S/C21H30N6O2/c1-17-5-6-19(28)27(24-17)16-21(29)7-11-25(12-8-21)15-18-13-22-20(23-14-18)26-9-3-2-4-10-26/h5-6,13-14,29H,2-4,7-12,15-16H2,1H3. The van der Waals surface area contributed by atoms with Crippen LogP contribution in [0.2, 0.25) is 0 Å². The molecule has 156 valence electrons. The minimum absolute atomic E-state index is 0.169. The largest absolute Gasteiger partial charge is 0.388 e. The van der Waals surface area contributed by atoms with Crippen molar-refractivity contribution in [2.75, 3.05) is 31.1 Å². The van der Waals surface area contributed by atoms with Crippen LogP contribution in [-0.4, -0.2) is 61.5 Å². The molecule has 29 heavy (non-hydrogen) atoms. The summed E-state index contributed by atoms with van der Waals surface area (Å²) in [6.45, 7) is 6.50. The van der Waals surface area contributed by atoms with Gasteiger partial charge in [-0.2, -0.15) is 5.10 Å². The van der Waals surface area contributed by atoms with E-state index in [-0.39, 0.29) is 12.1 Å². The number of nitrogens with zero attached hydrogens (tertiary/aromatic N) is 6. The van der Waals surface area contributed by atoms with Crippen molar-refractivity contribution in [2.45, 2.75) is 57.7 Å². The van der Waals surface area contributed by atoms with Crippen molar-refractivity contribution in [3.8, 4) is 0 Å². The Bertz CT molecular complexity index is 867. The van der Waals surface area contributed by atoms with Gasteiger partial charge in [0, 0.05) is 56.7 Å². The second-order valence-corrected chi connectivity index (χ2v) is 8.41. The molecule has 0 unspecified atom stereocenters. The lowest BCUT2D eigenvalue weighted by Gasteiger charge is -2.38. The molecular weight excluding hydrogens is 368 g/mol. The Morgan fingerprint density at radius 3 is 2.41 bits per heavy atom. The lowest BCUT2D eigenvalue weighted by atomic mass is 9.91. The Morgan fingerprint density at radius 1 is 1.03 bits per heavy atom. The first-order chi connectivity index (χ1) is 14.0. The van der Waals surface area contributed by atoms with Crippen LogP contribution in [0.3, 0.4) is 0 Å². The van der Waals surface area contributed by atoms with Gasteiger partial charge in [-0.15, -0.1) is 0 Å². The maximum atomic E-state index is 12.0. The van der Waals surface area contributed by atoms with Gasteiger partial charge in [-0.3, -0.25) is 9.69 Å². The van der Waals surface area contributed by atoms with Crippen molar-refractivity contribution in [1.29, 1.82) is 0 Å². The molecule has 0 radical (unpaired) electrons. The molecule has 2 aromatic rings. The lowest BCUT2D eigenvalue weighted by molar-refractivity contribution is -0.0390. The molecule has 2 aliphatic heterocycles. The van der Waals surface area contributed by atoms with Gasteiger partial charge in [-0.1, -0.05) is 0 Å². The fraction of sp³-hybridized carbons (Fsp3) is 0.619. The molecule has 0 spiro atoms. The Hall–Kier alpha value is -2.32. The molecule has 2 aromatic heterocycles. The van der Waals surface area contributed by atoms with E-state index in [0.717, 1.165) is 49.9 Å². The predicted octanol–water partition coefficient (Wildman–Crippen LogP) is 1.36. The first-order valence-corrected chi connectivity index (χ1v) is 10.6. The molecule has 1 N–H and O–H groups in total. The van der Waals surface area contributed by atoms with Crippen molar-refractivity contribution < 1.29 is 5.11 Å². The van der Waals surface area contributed by atoms with Crippen LogP contribution in [0.4, 0.5) is 5.95 Å². The summed E-state index contributed by atoms with van der Waals surface area (Å²) in [5, 5.41) is 15.2. The molecular formula is C21H30N6O2. The molecule has 2 saturated heterocycles. The molecule has 0 atom stereocenters. The van der Waals surface area contributed by atoms with E-state index in [0.29, 0.717) is 12.8 Å². The van der Waals surface area contributed by atoms with Gasteiger partial charge in [-0.25, -0.2) is 14.6 Å². The highest BCUT2D eigenvalue weighted by Crippen LogP contribution is 2.25. The third kappa shape index (κ3) is 5.00. The van der Waals surface area contributed by atoms with Gasteiger partial charge in [0.2, 0.25) is 5.95 Å². The third-order valence-electron chi connectivity index (χ3n) is 5.97. The van der Waals surface area contributed by atoms with Crippen molar-refractivity contribution in [1.82, 2.24) is 24.6 Å². The van der Waals surface area contributed by atoms with Crippen LogP contribution < -0.4 is 10.5 Å². The van der Waals surface area contributed by atoms with E-state index in [9.17, 15) is 9.90 Å². The number of hydrogen-bond donors (Lipinski definition) is 1. The van der Waals surface area contributed by atoms with Gasteiger partial charge in [0.25, 0.3) is 5.56 Å². The van der Waals surface area contributed by atoms with Gasteiger partial charge in [-0.05, 0) is 45.1 Å². The van der Waals surface area contributed by atoms with Gasteiger partial charge in [0.05, 0.1) is 17.8 Å². The van der Waals surface area contributed by atoms with Crippen LogP contribution in [0.25, 0.3) is 0 Å². The molecule has 4 rings (SSSR count). The van der Waals surface area contributed by atoms with Crippen LogP contribution in [0.5, 0.6) is 0 Å². The highest BCUT2D eigenvalue weighted by molar-refractivity contribution is 5.30. The second kappa shape index (κ2) is 8.59. The molecule has 8 nitrogen and oxygen atoms in total. The van der Waals surface area contributed by atoms with E-state index in [1.807, 2.05) is 19.3 Å². The minimum Gasteiger partial charge on any atom is -0.388 e. The molecule has 4 heterocycles. The minimum atomic E-state index is -0.893. The zero-order valence-corrected chi connectivity index (χ0v) is 17.1. The van der Waals surface area contributed by atoms with E-state index in [1.54, 1.807) is 6.07 Å². The van der Waals surface area contributed by atoms with Crippen molar-refractivity contribution in [3.63, 3.8) is 0 Å². The fourth-order valence-electron chi connectivity index (χ4n) is 4.17. The molecule has 2 fully saturated rings. The number of anilines is 1. The number of hydrogen-bond acceptors (Lipinski definition) is 7. The molecule has 0 aromatic carbocycles. The van der Waals surface area contributed by atoms with Crippen molar-refractivity contribution >= 4 is 5.95 Å². The summed E-state index contributed by atoms with van der Waals surface area (Å²) < 4.78 is 1.39. The summed E-state index contributed by atoms with van der Waals surface area (Å²) in [4.78, 5) is 25.7. The summed E-state index contributed by atoms with van der Waals surface area (Å²) in [5.41, 5.74) is 0.805. The Morgan fingerprint density at radius 2 is 1.72 bits per heavy atom. The molecule has 0 saturated carbocycles. The first kappa shape index (κ1) is 20.0. The number of likely N-dealkylation sites (tertiary alicyclic amines) is 1. The van der Waals surface area contributed by atoms with E-state index < -0.39 is 5.60 Å². The summed E-state index contributed by atoms with van der Waals surface area (Å²) in [7, 11) is 0. The SMILES string of the molecule is Cc1ccc(=O)n(CC2(O)CCN(Cc3cnc(N4CCCCC4)nc3)CC2)n1. The van der Waals surface area contributed by atoms with Crippen LogP contribution in [0.15, 0.2) is 29.3 Å². The fourth-order valence-corrected chi connectivity index (χ4v) is 4.17. The van der Waals surface area contributed by atoms with Crippen molar-refractivity contribution in [3.05, 3.63) is 46.1 Å². The van der Waals surface area contributed by atoms with Gasteiger partial charge >= 0.3 is 0 Å². The van der Waals surface area contributed by atoms with Crippen LogP contribution in [-0.2, 0) is 13.1 Å². The quantitative estimate of drug-likeness (QED) is 0.814. The third-order valence-corrected chi connectivity index (χ3v) is 5.97. The molecule has 0 aliphatic carbocycles. The van der Waals surface area contributed by atoms with Gasteiger partial charge in [0.15, 0.2) is 0 Å². The van der Waals surface area contributed by atoms with Gasteiger partial charge in [0.1, 0.15) is 0 Å². The maximum absolute atomic E-state index is 12.0. The van der Waals surface area contributed by atoms with Crippen LogP contribution in [0.1, 0.15) is 43.4 Å².